The molecule has 0 unspecified atom stereocenters. The molecule has 4 N–H and O–H groups in total. The Hall–Kier alpha value is -4.54. The van der Waals surface area contributed by atoms with Crippen molar-refractivity contribution >= 4 is 44.6 Å². The molecule has 53 heavy (non-hydrogen) atoms. The van der Waals surface area contributed by atoms with E-state index in [-0.39, 0.29) is 36.9 Å². The van der Waals surface area contributed by atoms with Gasteiger partial charge in [-0.3, -0.25) is 19.1 Å². The molecule has 2 aromatic rings. The van der Waals surface area contributed by atoms with E-state index in [2.05, 4.69) is 20.3 Å². The average Bonchev–Trinajstić information content (AvgIpc) is 3.98. The van der Waals surface area contributed by atoms with Crippen molar-refractivity contribution in [2.24, 2.45) is 17.8 Å². The number of rotatable bonds is 9. The first-order chi connectivity index (χ1) is 25.0. The van der Waals surface area contributed by atoms with Crippen molar-refractivity contribution in [2.45, 2.75) is 101 Å². The predicted octanol–water partition coefficient (Wildman–Crippen LogP) is 3.75. The molecule has 1 aromatic carbocycles. The van der Waals surface area contributed by atoms with Gasteiger partial charge in [0.15, 0.2) is 0 Å². The third-order valence-electron chi connectivity index (χ3n) is 10.9. The molecular weight excluding hydrogens is 716 g/mol. The lowest BCUT2D eigenvalue weighted by atomic mass is 9.88. The van der Waals surface area contributed by atoms with Crippen LogP contribution in [0.3, 0.4) is 0 Å². The summed E-state index contributed by atoms with van der Waals surface area (Å²) >= 11 is 0. The number of halogens is 2. The number of carboxylic acid groups (broad SMARTS) is 1. The topological polar surface area (TPSA) is 193 Å². The first-order valence-corrected chi connectivity index (χ1v) is 19.3. The van der Waals surface area contributed by atoms with Crippen molar-refractivity contribution in [2.75, 3.05) is 13.2 Å². The number of hydrogen-bond acceptors (Lipinski definition) is 9. The number of carbonyl (C=O) groups is 4. The molecule has 3 heterocycles. The van der Waals surface area contributed by atoms with E-state index in [0.29, 0.717) is 42.9 Å². The molecule has 1 saturated heterocycles. The van der Waals surface area contributed by atoms with E-state index in [9.17, 15) is 41.5 Å². The van der Waals surface area contributed by atoms with E-state index in [1.807, 2.05) is 19.1 Å². The van der Waals surface area contributed by atoms with Crippen LogP contribution in [0.1, 0.15) is 65.7 Å². The zero-order chi connectivity index (χ0) is 38.3. The lowest BCUT2D eigenvalue weighted by molar-refractivity contribution is -0.142. The maximum absolute atomic E-state index is 14.4. The summed E-state index contributed by atoms with van der Waals surface area (Å²) in [6.07, 6.45) is 2.65. The van der Waals surface area contributed by atoms with E-state index in [1.165, 1.54) is 11.1 Å². The maximum Gasteiger partial charge on any atom is 0.405 e. The Morgan fingerprint density at radius 2 is 1.87 bits per heavy atom. The number of alkyl halides is 2. The maximum atomic E-state index is 14.4. The standard InChI is InChI=1S/C36H45F2N5O9S/c1-20-8-4-5-9-22-16-36(22,33(46)42-53(49,50)35(3)12-13-35)41-30(44)26-15-23(18-43(26)32(45)29(21(2)14-20)40-34(47)48)52-31-25-11-7-6-10-24(25)27(17-39-31)51-19-28(37)38/h5-7,9-11,17,20-23,26,28-29,40H,4,8,12-16,18-19H2,1-3H3,(H,41,44)(H,42,46)(H,47,48)/b9-5-/t20-,21+,22+,23+,26-,29-,36+/m0/s1. The van der Waals surface area contributed by atoms with Gasteiger partial charge < -0.3 is 30.1 Å². The molecule has 6 rings (SSSR count). The number of sulfonamides is 1. The minimum atomic E-state index is -4.04. The number of amides is 4. The van der Waals surface area contributed by atoms with Crippen LogP contribution in [0, 0.1) is 17.8 Å². The average molecular weight is 762 g/mol. The Kier molecular flexibility index (Phi) is 10.6. The molecule has 0 bridgehead atoms. The monoisotopic (exact) mass is 761 g/mol. The summed E-state index contributed by atoms with van der Waals surface area (Å²) in [5.74, 6) is -2.93. The molecule has 2 saturated carbocycles. The van der Waals surface area contributed by atoms with Gasteiger partial charge in [0.05, 0.1) is 17.5 Å². The van der Waals surface area contributed by atoms with Gasteiger partial charge in [-0.2, -0.15) is 0 Å². The number of ether oxygens (including phenoxy) is 2. The van der Waals surface area contributed by atoms with Crippen LogP contribution in [0.4, 0.5) is 13.6 Å². The zero-order valence-corrected chi connectivity index (χ0v) is 30.5. The van der Waals surface area contributed by atoms with Crippen LogP contribution in [-0.4, -0.2) is 95.3 Å². The van der Waals surface area contributed by atoms with Crippen LogP contribution < -0.4 is 24.8 Å². The van der Waals surface area contributed by atoms with Crippen LogP contribution in [0.15, 0.2) is 42.6 Å². The third-order valence-corrected chi connectivity index (χ3v) is 13.1. The van der Waals surface area contributed by atoms with Crippen molar-refractivity contribution in [1.29, 1.82) is 0 Å². The molecule has 0 radical (unpaired) electrons. The second-order valence-corrected chi connectivity index (χ2v) is 17.3. The van der Waals surface area contributed by atoms with Gasteiger partial charge in [-0.25, -0.2) is 27.0 Å². The predicted molar refractivity (Wildman–Crippen MR) is 188 cm³/mol. The van der Waals surface area contributed by atoms with Gasteiger partial charge in [-0.1, -0.05) is 44.2 Å². The van der Waals surface area contributed by atoms with Crippen molar-refractivity contribution in [1.82, 2.24) is 25.2 Å². The Bertz CT molecular complexity index is 1910. The van der Waals surface area contributed by atoms with Crippen molar-refractivity contribution in [3.05, 3.63) is 42.6 Å². The van der Waals surface area contributed by atoms with E-state index >= 15 is 0 Å². The highest BCUT2D eigenvalue weighted by Crippen LogP contribution is 2.47. The van der Waals surface area contributed by atoms with Crippen LogP contribution >= 0.6 is 0 Å². The molecule has 7 atom stereocenters. The highest BCUT2D eigenvalue weighted by molar-refractivity contribution is 7.91. The molecule has 14 nitrogen and oxygen atoms in total. The number of hydrogen-bond donors (Lipinski definition) is 4. The van der Waals surface area contributed by atoms with E-state index in [0.717, 1.165) is 0 Å². The zero-order valence-electron chi connectivity index (χ0n) is 29.7. The van der Waals surface area contributed by atoms with Gasteiger partial charge in [0, 0.05) is 23.1 Å². The van der Waals surface area contributed by atoms with Gasteiger partial charge in [-0.05, 0) is 63.4 Å². The number of carbonyl (C=O) groups excluding carboxylic acids is 3. The summed E-state index contributed by atoms with van der Waals surface area (Å²) in [6.45, 7) is 4.31. The van der Waals surface area contributed by atoms with E-state index in [4.69, 9.17) is 9.47 Å². The summed E-state index contributed by atoms with van der Waals surface area (Å²) in [4.78, 5) is 59.9. The fourth-order valence-electron chi connectivity index (χ4n) is 7.39. The number of fused-ring (bicyclic) bond motifs is 3. The third kappa shape index (κ3) is 8.04. The second-order valence-electron chi connectivity index (χ2n) is 15.1. The fraction of sp³-hybridized carbons (Fsp3) is 0.583. The molecule has 1 aromatic heterocycles. The Morgan fingerprint density at radius 3 is 2.55 bits per heavy atom. The number of nitrogens with zero attached hydrogens (tertiary/aromatic N) is 2. The molecule has 17 heteroatoms. The summed E-state index contributed by atoms with van der Waals surface area (Å²) in [7, 11) is -4.04. The number of benzene rings is 1. The van der Waals surface area contributed by atoms with Crippen molar-refractivity contribution in [3.8, 4) is 11.6 Å². The van der Waals surface area contributed by atoms with Gasteiger partial charge in [0.1, 0.15) is 36.1 Å². The number of pyridine rings is 1. The summed E-state index contributed by atoms with van der Waals surface area (Å²) in [5, 5.41) is 15.8. The molecular formula is C36H45F2N5O9S. The summed E-state index contributed by atoms with van der Waals surface area (Å²) in [5.41, 5.74) is -1.59. The van der Waals surface area contributed by atoms with Gasteiger partial charge in [-0.15, -0.1) is 0 Å². The smallest absolute Gasteiger partial charge is 0.405 e. The minimum Gasteiger partial charge on any atom is -0.485 e. The lowest BCUT2D eigenvalue weighted by Crippen LogP contribution is -2.59. The van der Waals surface area contributed by atoms with Crippen molar-refractivity contribution < 1.29 is 51.0 Å². The number of nitrogens with one attached hydrogen (secondary N) is 3. The molecule has 0 spiro atoms. The second kappa shape index (κ2) is 14.7. The molecule has 4 amide bonds. The van der Waals surface area contributed by atoms with Crippen LogP contribution in [0.2, 0.25) is 0 Å². The van der Waals surface area contributed by atoms with Gasteiger partial charge >= 0.3 is 6.09 Å². The van der Waals surface area contributed by atoms with E-state index in [1.54, 1.807) is 38.1 Å². The van der Waals surface area contributed by atoms with Gasteiger partial charge in [0.25, 0.3) is 12.3 Å². The lowest BCUT2D eigenvalue weighted by Gasteiger charge is -2.32. The summed E-state index contributed by atoms with van der Waals surface area (Å²) < 4.78 is 64.7. The van der Waals surface area contributed by atoms with E-state index < -0.39 is 87.2 Å². The number of aromatic nitrogens is 1. The first-order valence-electron chi connectivity index (χ1n) is 17.8. The molecule has 2 aliphatic heterocycles. The highest BCUT2D eigenvalue weighted by Gasteiger charge is 2.63. The molecule has 4 aliphatic rings. The largest absolute Gasteiger partial charge is 0.485 e. The quantitative estimate of drug-likeness (QED) is 0.274. The first kappa shape index (κ1) is 38.2. The highest BCUT2D eigenvalue weighted by atomic mass is 32.2. The van der Waals surface area contributed by atoms with Crippen LogP contribution in [0.5, 0.6) is 11.6 Å². The normalized spacial score (nSPS) is 30.6. The number of allylic oxidation sites excluding steroid dienone is 1. The SMILES string of the molecule is C[C@H]1CC/C=C\[C@@H]2C[C@@]2(C(=O)NS(=O)(=O)C2(C)CC2)NC(=O)[C@@H]2C[C@@H](Oc3ncc(OCC(F)F)c4ccccc34)CN2C(=O)[C@@H](NC(=O)O)[C@H](C)C1. The van der Waals surface area contributed by atoms with Gasteiger partial charge in [0.2, 0.25) is 27.7 Å². The van der Waals surface area contributed by atoms with Crippen molar-refractivity contribution in [3.63, 3.8) is 0 Å². The Labute approximate surface area is 306 Å². The Morgan fingerprint density at radius 1 is 1.15 bits per heavy atom. The molecule has 288 valence electrons. The Balaban J connectivity index is 1.33. The van der Waals surface area contributed by atoms with Crippen LogP contribution in [-0.2, 0) is 24.4 Å². The molecule has 2 aliphatic carbocycles. The van der Waals surface area contributed by atoms with Crippen LogP contribution in [0.25, 0.3) is 10.8 Å². The minimum absolute atomic E-state index is 0.0829. The fourth-order valence-corrected chi connectivity index (χ4v) is 8.70. The molecule has 3 fully saturated rings. The summed E-state index contributed by atoms with van der Waals surface area (Å²) in [6, 6.07) is 4.24.